The minimum atomic E-state index is 0. The number of thioether (sulfide) groups is 1. The Kier molecular flexibility index (Phi) is 9.43. The Balaban J connectivity index is 0.00000156. The molecule has 2 atom stereocenters. The molecule has 4 nitrogen and oxygen atoms in total. The lowest BCUT2D eigenvalue weighted by molar-refractivity contribution is 0.222. The second-order valence-electron chi connectivity index (χ2n) is 6.58. The first kappa shape index (κ1) is 22.4. The number of carbonyl (C=O) groups is 1. The summed E-state index contributed by atoms with van der Waals surface area (Å²) in [6.07, 6.45) is 2.33. The molecule has 2 heterocycles. The van der Waals surface area contributed by atoms with Crippen molar-refractivity contribution in [2.45, 2.75) is 31.1 Å². The maximum atomic E-state index is 11.7. The second-order valence-corrected chi connectivity index (χ2v) is 7.77. The second kappa shape index (κ2) is 10.5. The number of carbonyl (C=O) groups excluding carboxylic acids is 1. The maximum Gasteiger partial charge on any atom is 0.281 e. The molecule has 0 saturated carbocycles. The van der Waals surface area contributed by atoms with Crippen LogP contribution in [0.2, 0.25) is 0 Å². The van der Waals surface area contributed by atoms with Gasteiger partial charge in [0.15, 0.2) is 0 Å². The van der Waals surface area contributed by atoms with Crippen LogP contribution in [0.1, 0.15) is 19.8 Å². The van der Waals surface area contributed by atoms with Crippen LogP contribution in [0, 0.1) is 0 Å². The summed E-state index contributed by atoms with van der Waals surface area (Å²) in [6.45, 7) is 7.83. The third-order valence-electron chi connectivity index (χ3n) is 5.15. The predicted octanol–water partition coefficient (Wildman–Crippen LogP) is 3.99. The molecule has 0 aromatic heterocycles. The smallest absolute Gasteiger partial charge is 0.281 e. The molecule has 2 aliphatic heterocycles. The molecule has 2 aliphatic rings. The third-order valence-corrected chi connectivity index (χ3v) is 6.57. The Labute approximate surface area is 168 Å². The van der Waals surface area contributed by atoms with Crippen LogP contribution < -0.4 is 4.90 Å². The normalized spacial score (nSPS) is 24.0. The van der Waals surface area contributed by atoms with Gasteiger partial charge in [-0.05, 0) is 38.4 Å². The van der Waals surface area contributed by atoms with E-state index in [1.165, 1.54) is 23.9 Å². The Morgan fingerprint density at radius 3 is 2.28 bits per heavy atom. The molecule has 142 valence electrons. The molecule has 0 N–H and O–H groups in total. The Morgan fingerprint density at radius 1 is 1.08 bits per heavy atom. The van der Waals surface area contributed by atoms with Crippen LogP contribution in [0.25, 0.3) is 0 Å². The van der Waals surface area contributed by atoms with Gasteiger partial charge in [-0.15, -0.1) is 24.8 Å². The van der Waals surface area contributed by atoms with Crippen molar-refractivity contribution in [1.82, 2.24) is 9.80 Å². The van der Waals surface area contributed by atoms with E-state index in [4.69, 9.17) is 0 Å². The monoisotopic (exact) mass is 405 g/mol. The minimum Gasteiger partial charge on any atom is -0.369 e. The van der Waals surface area contributed by atoms with Crippen LogP contribution >= 0.6 is 36.6 Å². The largest absolute Gasteiger partial charge is 0.369 e. The number of halogens is 2. The van der Waals surface area contributed by atoms with E-state index in [9.17, 15) is 4.79 Å². The Morgan fingerprint density at radius 2 is 1.72 bits per heavy atom. The highest BCUT2D eigenvalue weighted by Crippen LogP contribution is 2.33. The van der Waals surface area contributed by atoms with Gasteiger partial charge in [0.25, 0.3) is 5.24 Å². The summed E-state index contributed by atoms with van der Waals surface area (Å²) < 4.78 is 0. The van der Waals surface area contributed by atoms with Gasteiger partial charge in [-0.1, -0.05) is 30.0 Å². The number of nitrogens with zero attached hydrogens (tertiary/aromatic N) is 3. The molecule has 2 unspecified atom stereocenters. The summed E-state index contributed by atoms with van der Waals surface area (Å²) in [4.78, 5) is 18.6. The molecule has 7 heteroatoms. The Hall–Kier alpha value is -0.620. The van der Waals surface area contributed by atoms with E-state index in [0.29, 0.717) is 11.3 Å². The molecule has 0 radical (unpaired) electrons. The van der Waals surface area contributed by atoms with Crippen LogP contribution in [0.5, 0.6) is 0 Å². The maximum absolute atomic E-state index is 11.7. The van der Waals surface area contributed by atoms with Gasteiger partial charge >= 0.3 is 0 Å². The average Bonchev–Trinajstić information content (AvgIpc) is 2.83. The highest BCUT2D eigenvalue weighted by Gasteiger charge is 2.34. The summed E-state index contributed by atoms with van der Waals surface area (Å²) in [5, 5.41) is 0.706. The fourth-order valence-electron chi connectivity index (χ4n) is 3.41. The Bertz CT molecular complexity index is 526. The van der Waals surface area contributed by atoms with Crippen LogP contribution in [-0.2, 0) is 0 Å². The predicted molar refractivity (Wildman–Crippen MR) is 113 cm³/mol. The van der Waals surface area contributed by atoms with Crippen molar-refractivity contribution in [3.05, 3.63) is 30.3 Å². The average molecular weight is 406 g/mol. The molecular weight excluding hydrogens is 377 g/mol. The lowest BCUT2D eigenvalue weighted by Crippen LogP contribution is -2.46. The lowest BCUT2D eigenvalue weighted by Gasteiger charge is -2.36. The summed E-state index contributed by atoms with van der Waals surface area (Å²) in [5.74, 6) is 0. The number of amides is 1. The van der Waals surface area contributed by atoms with Gasteiger partial charge in [-0.25, -0.2) is 0 Å². The summed E-state index contributed by atoms with van der Waals surface area (Å²) in [6, 6.07) is 11.1. The van der Waals surface area contributed by atoms with Crippen molar-refractivity contribution in [3.8, 4) is 0 Å². The number of rotatable bonds is 5. The number of anilines is 1. The van der Waals surface area contributed by atoms with Crippen molar-refractivity contribution in [2.75, 3.05) is 44.7 Å². The van der Waals surface area contributed by atoms with E-state index < -0.39 is 0 Å². The van der Waals surface area contributed by atoms with Gasteiger partial charge in [0.1, 0.15) is 0 Å². The SMILES string of the molecule is CC1C(CCCN2CCN(c3ccccc3)CC2)SC(=O)N1C.Cl.Cl. The van der Waals surface area contributed by atoms with E-state index >= 15 is 0 Å². The zero-order valence-corrected chi connectivity index (χ0v) is 17.4. The van der Waals surface area contributed by atoms with Gasteiger partial charge in [-0.3, -0.25) is 9.69 Å². The van der Waals surface area contributed by atoms with Crippen LogP contribution in [0.4, 0.5) is 10.5 Å². The lowest BCUT2D eigenvalue weighted by atomic mass is 10.1. The summed E-state index contributed by atoms with van der Waals surface area (Å²) in [7, 11) is 1.92. The van der Waals surface area contributed by atoms with Gasteiger partial charge in [-0.2, -0.15) is 0 Å². The molecule has 25 heavy (non-hydrogen) atoms. The van der Waals surface area contributed by atoms with E-state index in [0.717, 1.165) is 39.1 Å². The van der Waals surface area contributed by atoms with E-state index in [2.05, 4.69) is 47.1 Å². The number of hydrogen-bond acceptors (Lipinski definition) is 4. The van der Waals surface area contributed by atoms with E-state index in [-0.39, 0.29) is 30.1 Å². The molecule has 0 bridgehead atoms. The van der Waals surface area contributed by atoms with Gasteiger partial charge < -0.3 is 9.80 Å². The van der Waals surface area contributed by atoms with Crippen molar-refractivity contribution in [2.24, 2.45) is 0 Å². The molecule has 2 fully saturated rings. The molecule has 3 rings (SSSR count). The van der Waals surface area contributed by atoms with E-state index in [1.54, 1.807) is 0 Å². The van der Waals surface area contributed by atoms with Gasteiger partial charge in [0, 0.05) is 50.2 Å². The number of piperazine rings is 1. The van der Waals surface area contributed by atoms with Crippen LogP contribution in [0.15, 0.2) is 30.3 Å². The molecule has 1 aromatic rings. The van der Waals surface area contributed by atoms with Crippen molar-refractivity contribution < 1.29 is 4.79 Å². The first-order valence-corrected chi connectivity index (χ1v) is 9.49. The third kappa shape index (κ3) is 5.68. The zero-order chi connectivity index (χ0) is 16.2. The van der Waals surface area contributed by atoms with E-state index in [1.807, 2.05) is 11.9 Å². The molecular formula is C18H29Cl2N3OS. The molecule has 0 spiro atoms. The molecule has 1 aromatic carbocycles. The fraction of sp³-hybridized carbons (Fsp3) is 0.611. The first-order valence-electron chi connectivity index (χ1n) is 8.61. The number of benzene rings is 1. The van der Waals surface area contributed by atoms with Crippen LogP contribution in [-0.4, -0.2) is 66.1 Å². The molecule has 2 saturated heterocycles. The summed E-state index contributed by atoms with van der Waals surface area (Å²) >= 11 is 1.53. The highest BCUT2D eigenvalue weighted by molar-refractivity contribution is 8.14. The minimum absolute atomic E-state index is 0. The first-order chi connectivity index (χ1) is 11.1. The molecule has 1 amide bonds. The van der Waals surface area contributed by atoms with Gasteiger partial charge in [0.2, 0.25) is 0 Å². The van der Waals surface area contributed by atoms with Crippen molar-refractivity contribution in [1.29, 1.82) is 0 Å². The quantitative estimate of drug-likeness (QED) is 0.739. The number of hydrogen-bond donors (Lipinski definition) is 0. The highest BCUT2D eigenvalue weighted by atomic mass is 35.5. The van der Waals surface area contributed by atoms with Gasteiger partial charge in [0.05, 0.1) is 0 Å². The summed E-state index contributed by atoms with van der Waals surface area (Å²) in [5.41, 5.74) is 1.34. The topological polar surface area (TPSA) is 26.8 Å². The molecule has 0 aliphatic carbocycles. The van der Waals surface area contributed by atoms with Crippen molar-refractivity contribution in [3.63, 3.8) is 0 Å². The van der Waals surface area contributed by atoms with Crippen LogP contribution in [0.3, 0.4) is 0 Å². The number of para-hydroxylation sites is 1. The zero-order valence-electron chi connectivity index (χ0n) is 15.0. The standard InChI is InChI=1S/C18H27N3OS.2ClH/c1-15-17(23-18(22)19(15)2)9-6-10-20-11-13-21(14-12-20)16-7-4-3-5-8-16;;/h3-5,7-8,15,17H,6,9-14H2,1-2H3;2*1H. The van der Waals surface area contributed by atoms with Crippen molar-refractivity contribution >= 4 is 47.5 Å². The fourth-order valence-corrected chi connectivity index (χ4v) is 4.67.